The molecule has 1 radical (unpaired) electrons. The Morgan fingerprint density at radius 3 is 2.69 bits per heavy atom. The number of fused-ring (bicyclic) bond motifs is 1. The molecule has 0 atom stereocenters. The third-order valence-corrected chi connectivity index (χ3v) is 3.81. The number of hydrogen-bond acceptors (Lipinski definition) is 2. The van der Waals surface area contributed by atoms with E-state index in [1.54, 1.807) is 0 Å². The summed E-state index contributed by atoms with van der Waals surface area (Å²) in [5.74, 6) is -1.31. The lowest BCUT2D eigenvalue weighted by molar-refractivity contribution is -0.137. The summed E-state index contributed by atoms with van der Waals surface area (Å²) in [5.41, 5.74) is 4.33. The van der Waals surface area contributed by atoms with Crippen molar-refractivity contribution in [3.8, 4) is 11.1 Å². The average Bonchev–Trinajstić information content (AvgIpc) is 2.97. The van der Waals surface area contributed by atoms with Crippen LogP contribution >= 0.6 is 0 Å². The SMILES string of the molecule is NC/C=C(\F)Cn1cnc2c(-c3c[c]ccc3F)cc(C(F)(F)F)cc21. The zero-order valence-electron chi connectivity index (χ0n) is 13.3. The van der Waals surface area contributed by atoms with Crippen molar-refractivity contribution in [1.29, 1.82) is 0 Å². The summed E-state index contributed by atoms with van der Waals surface area (Å²) in [6, 6.07) is 8.00. The van der Waals surface area contributed by atoms with Crippen molar-refractivity contribution in [1.82, 2.24) is 9.55 Å². The molecule has 135 valence electrons. The van der Waals surface area contributed by atoms with Gasteiger partial charge in [-0.2, -0.15) is 13.2 Å². The Kier molecular flexibility index (Phi) is 4.78. The molecule has 2 N–H and O–H groups in total. The van der Waals surface area contributed by atoms with Gasteiger partial charge in [0.25, 0.3) is 0 Å². The number of alkyl halides is 3. The molecule has 3 aromatic rings. The minimum Gasteiger partial charge on any atom is -0.327 e. The molecule has 0 saturated carbocycles. The van der Waals surface area contributed by atoms with Gasteiger partial charge < -0.3 is 10.3 Å². The molecule has 0 aliphatic heterocycles. The van der Waals surface area contributed by atoms with Crippen LogP contribution in [0.5, 0.6) is 0 Å². The average molecular weight is 366 g/mol. The van der Waals surface area contributed by atoms with E-state index < -0.39 is 23.4 Å². The number of allylic oxidation sites excluding steroid dienone is 1. The van der Waals surface area contributed by atoms with Crippen LogP contribution in [0.1, 0.15) is 5.56 Å². The Hall–Kier alpha value is -2.74. The van der Waals surface area contributed by atoms with Gasteiger partial charge in [0.2, 0.25) is 0 Å². The normalized spacial score (nSPS) is 12.8. The van der Waals surface area contributed by atoms with E-state index in [0.29, 0.717) is 0 Å². The van der Waals surface area contributed by atoms with Gasteiger partial charge in [-0.15, -0.1) is 0 Å². The summed E-state index contributed by atoms with van der Waals surface area (Å²) in [4.78, 5) is 4.06. The molecule has 1 aromatic heterocycles. The van der Waals surface area contributed by atoms with E-state index in [0.717, 1.165) is 24.3 Å². The molecule has 0 aliphatic carbocycles. The second-order valence-electron chi connectivity index (χ2n) is 5.55. The maximum absolute atomic E-state index is 14.1. The van der Waals surface area contributed by atoms with E-state index >= 15 is 0 Å². The van der Waals surface area contributed by atoms with Crippen molar-refractivity contribution < 1.29 is 22.0 Å². The third kappa shape index (κ3) is 3.45. The number of nitrogens with zero attached hydrogens (tertiary/aromatic N) is 2. The van der Waals surface area contributed by atoms with Crippen LogP contribution in [0.15, 0.2) is 48.6 Å². The Morgan fingerprint density at radius 1 is 1.27 bits per heavy atom. The first kappa shape index (κ1) is 18.1. The van der Waals surface area contributed by atoms with Gasteiger partial charge in [0.05, 0.1) is 29.5 Å². The molecular weight excluding hydrogens is 353 g/mol. The summed E-state index contributed by atoms with van der Waals surface area (Å²) >= 11 is 0. The number of rotatable bonds is 4. The number of aromatic nitrogens is 2. The van der Waals surface area contributed by atoms with E-state index in [2.05, 4.69) is 11.1 Å². The van der Waals surface area contributed by atoms with Gasteiger partial charge >= 0.3 is 6.18 Å². The van der Waals surface area contributed by atoms with E-state index in [1.165, 1.54) is 23.0 Å². The number of nitrogens with two attached hydrogens (primary N) is 1. The Bertz CT molecular complexity index is 973. The Morgan fingerprint density at radius 2 is 2.04 bits per heavy atom. The number of hydrogen-bond donors (Lipinski definition) is 1. The van der Waals surface area contributed by atoms with E-state index in [4.69, 9.17) is 5.73 Å². The van der Waals surface area contributed by atoms with Gasteiger partial charge in [0.15, 0.2) is 0 Å². The van der Waals surface area contributed by atoms with Gasteiger partial charge in [-0.25, -0.2) is 13.8 Å². The van der Waals surface area contributed by atoms with Crippen molar-refractivity contribution in [3.05, 3.63) is 66.0 Å². The highest BCUT2D eigenvalue weighted by molar-refractivity contribution is 5.93. The fourth-order valence-electron chi connectivity index (χ4n) is 2.63. The van der Waals surface area contributed by atoms with Crippen LogP contribution in [0.25, 0.3) is 22.2 Å². The standard InChI is InChI=1S/C18H13F5N3/c19-12(5-6-24)9-26-10-25-17-14(13-3-1-2-4-15(13)20)7-11(8-16(17)26)18(21,22)23/h2-5,7-8,10H,6,9,24H2/b12-5-. The highest BCUT2D eigenvalue weighted by atomic mass is 19.4. The predicted molar refractivity (Wildman–Crippen MR) is 87.2 cm³/mol. The summed E-state index contributed by atoms with van der Waals surface area (Å²) in [6.07, 6.45) is -2.33. The molecule has 3 rings (SSSR count). The lowest BCUT2D eigenvalue weighted by Gasteiger charge is -2.12. The van der Waals surface area contributed by atoms with Crippen molar-refractivity contribution in [2.45, 2.75) is 12.7 Å². The van der Waals surface area contributed by atoms with Crippen molar-refractivity contribution in [3.63, 3.8) is 0 Å². The van der Waals surface area contributed by atoms with Crippen LogP contribution in [0.2, 0.25) is 0 Å². The van der Waals surface area contributed by atoms with Crippen LogP contribution < -0.4 is 5.73 Å². The van der Waals surface area contributed by atoms with Gasteiger partial charge in [-0.3, -0.25) is 0 Å². The second kappa shape index (κ2) is 6.87. The molecule has 3 nitrogen and oxygen atoms in total. The Balaban J connectivity index is 2.26. The molecule has 0 fully saturated rings. The van der Waals surface area contributed by atoms with Crippen molar-refractivity contribution in [2.75, 3.05) is 6.54 Å². The zero-order chi connectivity index (χ0) is 18.9. The zero-order valence-corrected chi connectivity index (χ0v) is 13.3. The first-order valence-electron chi connectivity index (χ1n) is 7.58. The van der Waals surface area contributed by atoms with Crippen LogP contribution in [0.3, 0.4) is 0 Å². The van der Waals surface area contributed by atoms with Gasteiger partial charge in [0, 0.05) is 17.7 Å². The summed E-state index contributed by atoms with van der Waals surface area (Å²) in [6.45, 7) is -0.361. The molecule has 0 unspecified atom stereocenters. The van der Waals surface area contributed by atoms with Gasteiger partial charge in [0.1, 0.15) is 11.6 Å². The van der Waals surface area contributed by atoms with E-state index in [-0.39, 0.29) is 35.2 Å². The van der Waals surface area contributed by atoms with Gasteiger partial charge in [-0.05, 0) is 36.4 Å². The van der Waals surface area contributed by atoms with E-state index in [1.807, 2.05) is 0 Å². The monoisotopic (exact) mass is 366 g/mol. The fourth-order valence-corrected chi connectivity index (χ4v) is 2.63. The lowest BCUT2D eigenvalue weighted by Crippen LogP contribution is -2.07. The maximum Gasteiger partial charge on any atom is 0.416 e. The summed E-state index contributed by atoms with van der Waals surface area (Å²) < 4.78 is 69.0. The Labute approximate surface area is 145 Å². The van der Waals surface area contributed by atoms with E-state index in [9.17, 15) is 22.0 Å². The molecule has 0 saturated heterocycles. The number of benzene rings is 2. The first-order chi connectivity index (χ1) is 12.3. The quantitative estimate of drug-likeness (QED) is 0.692. The molecule has 1 heterocycles. The number of halogens is 5. The molecule has 0 amide bonds. The molecule has 0 aliphatic rings. The highest BCUT2D eigenvalue weighted by Crippen LogP contribution is 2.37. The molecule has 0 spiro atoms. The molecule has 8 heteroatoms. The van der Waals surface area contributed by atoms with Crippen molar-refractivity contribution >= 4 is 11.0 Å². The second-order valence-corrected chi connectivity index (χ2v) is 5.55. The maximum atomic E-state index is 14.1. The van der Waals surface area contributed by atoms with Crippen molar-refractivity contribution in [2.24, 2.45) is 5.73 Å². The van der Waals surface area contributed by atoms with Crippen LogP contribution in [-0.2, 0) is 12.7 Å². The molecule has 26 heavy (non-hydrogen) atoms. The first-order valence-corrected chi connectivity index (χ1v) is 7.58. The number of imidazole rings is 1. The topological polar surface area (TPSA) is 43.8 Å². The van der Waals surface area contributed by atoms with Crippen LogP contribution in [0, 0.1) is 11.9 Å². The lowest BCUT2D eigenvalue weighted by atomic mass is 10.0. The largest absolute Gasteiger partial charge is 0.416 e. The summed E-state index contributed by atoms with van der Waals surface area (Å²) in [7, 11) is 0. The predicted octanol–water partition coefficient (Wildman–Crippen LogP) is 4.47. The van der Waals surface area contributed by atoms with Gasteiger partial charge in [-0.1, -0.05) is 6.07 Å². The van der Waals surface area contributed by atoms with Crippen LogP contribution in [0.4, 0.5) is 22.0 Å². The minimum atomic E-state index is -4.65. The molecular formula is C18H13F5N3. The highest BCUT2D eigenvalue weighted by Gasteiger charge is 2.32. The smallest absolute Gasteiger partial charge is 0.327 e. The minimum absolute atomic E-state index is 0.0360. The summed E-state index contributed by atoms with van der Waals surface area (Å²) in [5, 5.41) is 0. The molecule has 0 bridgehead atoms. The molecule has 2 aromatic carbocycles. The van der Waals surface area contributed by atoms with Crippen LogP contribution in [-0.4, -0.2) is 16.1 Å². The fraction of sp³-hybridized carbons (Fsp3) is 0.167. The third-order valence-electron chi connectivity index (χ3n) is 3.81.